The van der Waals surface area contributed by atoms with Crippen LogP contribution in [0, 0.1) is 5.92 Å². The zero-order valence-corrected chi connectivity index (χ0v) is 6.86. The summed E-state index contributed by atoms with van der Waals surface area (Å²) in [7, 11) is 0. The highest BCUT2D eigenvalue weighted by Gasteiger charge is 2.12. The zero-order valence-electron chi connectivity index (χ0n) is 6.04. The van der Waals surface area contributed by atoms with E-state index in [4.69, 9.17) is 4.55 Å². The molecule has 0 aromatic heterocycles. The Morgan fingerprint density at radius 1 is 1.80 bits per heavy atom. The molecule has 2 unspecified atom stereocenters. The molecule has 58 valence electrons. The third-order valence-electron chi connectivity index (χ3n) is 1.78. The standard InChI is InChI=1S/C7H12O2S/c1-6-3-2-4-7(5-6)10(8)9/h5-6H,2-4H2,1H3,(H,8,9). The Morgan fingerprint density at radius 3 is 2.90 bits per heavy atom. The van der Waals surface area contributed by atoms with Crippen LogP contribution in [0.5, 0.6) is 0 Å². The largest absolute Gasteiger partial charge is 0.302 e. The van der Waals surface area contributed by atoms with Gasteiger partial charge in [-0.25, -0.2) is 4.21 Å². The van der Waals surface area contributed by atoms with Gasteiger partial charge < -0.3 is 4.55 Å². The molecule has 0 saturated heterocycles. The first-order valence-corrected chi connectivity index (χ1v) is 4.62. The molecule has 2 atom stereocenters. The van der Waals surface area contributed by atoms with Crippen LogP contribution in [0.4, 0.5) is 0 Å². The highest BCUT2D eigenvalue weighted by Crippen LogP contribution is 2.23. The summed E-state index contributed by atoms with van der Waals surface area (Å²) in [6, 6.07) is 0. The van der Waals surface area contributed by atoms with Gasteiger partial charge in [-0.3, -0.25) is 0 Å². The van der Waals surface area contributed by atoms with Crippen molar-refractivity contribution in [2.45, 2.75) is 26.2 Å². The van der Waals surface area contributed by atoms with Crippen molar-refractivity contribution < 1.29 is 8.76 Å². The normalized spacial score (nSPS) is 29.4. The summed E-state index contributed by atoms with van der Waals surface area (Å²) < 4.78 is 19.2. The molecular formula is C7H12O2S. The fraction of sp³-hybridized carbons (Fsp3) is 0.714. The molecule has 0 aliphatic heterocycles. The number of hydrogen-bond acceptors (Lipinski definition) is 1. The Hall–Kier alpha value is -0.150. The minimum Gasteiger partial charge on any atom is -0.302 e. The molecule has 2 nitrogen and oxygen atoms in total. The Morgan fingerprint density at radius 2 is 2.50 bits per heavy atom. The van der Waals surface area contributed by atoms with Gasteiger partial charge in [-0.15, -0.1) is 0 Å². The molecule has 3 heteroatoms. The molecule has 0 aromatic carbocycles. The van der Waals surface area contributed by atoms with E-state index < -0.39 is 11.1 Å². The summed E-state index contributed by atoms with van der Waals surface area (Å²) in [6.07, 6.45) is 4.92. The first-order valence-electron chi connectivity index (χ1n) is 3.51. The van der Waals surface area contributed by atoms with Gasteiger partial charge in [-0.2, -0.15) is 0 Å². The lowest BCUT2D eigenvalue weighted by Crippen LogP contribution is -2.04. The van der Waals surface area contributed by atoms with Crippen LogP contribution >= 0.6 is 0 Å². The second-order valence-corrected chi connectivity index (χ2v) is 3.77. The molecule has 0 saturated carbocycles. The Kier molecular flexibility index (Phi) is 2.63. The molecule has 1 N–H and O–H groups in total. The third kappa shape index (κ3) is 1.92. The molecule has 1 aliphatic carbocycles. The van der Waals surface area contributed by atoms with Crippen molar-refractivity contribution in [2.24, 2.45) is 5.92 Å². The maximum Gasteiger partial charge on any atom is 0.181 e. The third-order valence-corrected chi connectivity index (χ3v) is 2.57. The highest BCUT2D eigenvalue weighted by molar-refractivity contribution is 7.83. The van der Waals surface area contributed by atoms with Crippen molar-refractivity contribution in [3.63, 3.8) is 0 Å². The molecule has 1 aliphatic rings. The topological polar surface area (TPSA) is 37.3 Å². The number of hydrogen-bond donors (Lipinski definition) is 1. The lowest BCUT2D eigenvalue weighted by Gasteiger charge is -2.14. The molecule has 0 fully saturated rings. The summed E-state index contributed by atoms with van der Waals surface area (Å²) in [5.41, 5.74) is 0. The number of rotatable bonds is 1. The lowest BCUT2D eigenvalue weighted by atomic mass is 9.98. The van der Waals surface area contributed by atoms with E-state index in [0.29, 0.717) is 10.8 Å². The van der Waals surface area contributed by atoms with Crippen LogP contribution in [0.25, 0.3) is 0 Å². The maximum absolute atomic E-state index is 10.5. The smallest absolute Gasteiger partial charge is 0.181 e. The van der Waals surface area contributed by atoms with Gasteiger partial charge in [0.05, 0.1) is 0 Å². The van der Waals surface area contributed by atoms with Crippen LogP contribution in [-0.4, -0.2) is 8.76 Å². The summed E-state index contributed by atoms with van der Waals surface area (Å²) in [5.74, 6) is 0.486. The predicted octanol–water partition coefficient (Wildman–Crippen LogP) is 1.91. The van der Waals surface area contributed by atoms with Crippen molar-refractivity contribution in [3.8, 4) is 0 Å². The van der Waals surface area contributed by atoms with Crippen LogP contribution in [0.1, 0.15) is 26.2 Å². The molecule has 10 heavy (non-hydrogen) atoms. The Balaban J connectivity index is 2.66. The van der Waals surface area contributed by atoms with Gasteiger partial charge in [0.2, 0.25) is 0 Å². The van der Waals surface area contributed by atoms with Gasteiger partial charge in [-0.1, -0.05) is 13.0 Å². The first-order chi connectivity index (χ1) is 4.70. The van der Waals surface area contributed by atoms with E-state index in [-0.39, 0.29) is 0 Å². The van der Waals surface area contributed by atoms with Gasteiger partial charge in [-0.05, 0) is 25.2 Å². The van der Waals surface area contributed by atoms with Crippen LogP contribution in [0.3, 0.4) is 0 Å². The van der Waals surface area contributed by atoms with E-state index in [0.717, 1.165) is 19.3 Å². The fourth-order valence-corrected chi connectivity index (χ4v) is 1.90. The molecular weight excluding hydrogens is 148 g/mol. The van der Waals surface area contributed by atoms with Crippen LogP contribution in [-0.2, 0) is 11.1 Å². The van der Waals surface area contributed by atoms with Crippen molar-refractivity contribution in [1.82, 2.24) is 0 Å². The second kappa shape index (κ2) is 3.30. The quantitative estimate of drug-likeness (QED) is 0.595. The van der Waals surface area contributed by atoms with Gasteiger partial charge in [0.25, 0.3) is 0 Å². The van der Waals surface area contributed by atoms with Crippen molar-refractivity contribution in [3.05, 3.63) is 11.0 Å². The van der Waals surface area contributed by atoms with E-state index >= 15 is 0 Å². The van der Waals surface area contributed by atoms with Crippen molar-refractivity contribution >= 4 is 11.1 Å². The maximum atomic E-state index is 10.5. The highest BCUT2D eigenvalue weighted by atomic mass is 32.2. The average molecular weight is 160 g/mol. The SMILES string of the molecule is CC1C=C(S(=O)O)CCC1. The Labute approximate surface area is 63.6 Å². The predicted molar refractivity (Wildman–Crippen MR) is 41.9 cm³/mol. The first kappa shape index (κ1) is 7.95. The van der Waals surface area contributed by atoms with E-state index in [1.165, 1.54) is 0 Å². The fourth-order valence-electron chi connectivity index (χ4n) is 1.23. The summed E-state index contributed by atoms with van der Waals surface area (Å²) in [5, 5.41) is 0. The van der Waals surface area contributed by atoms with E-state index in [9.17, 15) is 4.21 Å². The molecule has 0 aromatic rings. The summed E-state index contributed by atoms with van der Waals surface area (Å²) >= 11 is -1.71. The van der Waals surface area contributed by atoms with E-state index in [1.807, 2.05) is 6.08 Å². The van der Waals surface area contributed by atoms with Gasteiger partial charge in [0.15, 0.2) is 11.1 Å². The van der Waals surface area contributed by atoms with Crippen LogP contribution in [0.2, 0.25) is 0 Å². The molecule has 1 rings (SSSR count). The van der Waals surface area contributed by atoms with Gasteiger partial charge in [0.1, 0.15) is 0 Å². The van der Waals surface area contributed by atoms with Gasteiger partial charge >= 0.3 is 0 Å². The average Bonchev–Trinajstić information content (AvgIpc) is 1.88. The van der Waals surface area contributed by atoms with E-state index in [2.05, 4.69) is 6.92 Å². The second-order valence-electron chi connectivity index (χ2n) is 2.75. The van der Waals surface area contributed by atoms with Crippen LogP contribution < -0.4 is 0 Å². The Bertz CT molecular complexity index is 174. The van der Waals surface area contributed by atoms with Crippen LogP contribution in [0.15, 0.2) is 11.0 Å². The van der Waals surface area contributed by atoms with Crippen molar-refractivity contribution in [2.75, 3.05) is 0 Å². The van der Waals surface area contributed by atoms with Gasteiger partial charge in [0, 0.05) is 4.91 Å². The lowest BCUT2D eigenvalue weighted by molar-refractivity contribution is 0.547. The minimum absolute atomic E-state index is 0.486. The molecule has 0 spiro atoms. The number of allylic oxidation sites excluding steroid dienone is 2. The molecule has 0 bridgehead atoms. The monoisotopic (exact) mass is 160 g/mol. The zero-order chi connectivity index (χ0) is 7.56. The molecule has 0 radical (unpaired) electrons. The minimum atomic E-state index is -1.71. The molecule has 0 heterocycles. The summed E-state index contributed by atoms with van der Waals surface area (Å²) in [4.78, 5) is 0.707. The van der Waals surface area contributed by atoms with Crippen molar-refractivity contribution in [1.29, 1.82) is 0 Å². The van der Waals surface area contributed by atoms with E-state index in [1.54, 1.807) is 0 Å². The summed E-state index contributed by atoms with van der Waals surface area (Å²) in [6.45, 7) is 2.08. The molecule has 0 amide bonds.